The maximum absolute atomic E-state index is 4.51. The van der Waals surface area contributed by atoms with Crippen LogP contribution in [0.25, 0.3) is 11.0 Å². The van der Waals surface area contributed by atoms with Gasteiger partial charge in [0.15, 0.2) is 0 Å². The Bertz CT molecular complexity index is 628. The first-order valence-electron chi connectivity index (χ1n) is 7.56. The van der Waals surface area contributed by atoms with Gasteiger partial charge < -0.3 is 15.6 Å². The molecule has 5 nitrogen and oxygen atoms in total. The van der Waals surface area contributed by atoms with Gasteiger partial charge in [0.1, 0.15) is 17.8 Å². The molecule has 0 bridgehead atoms. The van der Waals surface area contributed by atoms with Gasteiger partial charge in [-0.25, -0.2) is 9.97 Å². The van der Waals surface area contributed by atoms with Crippen LogP contribution in [0.4, 0.5) is 5.82 Å². The van der Waals surface area contributed by atoms with E-state index in [1.165, 1.54) is 36.6 Å². The summed E-state index contributed by atoms with van der Waals surface area (Å²) >= 11 is 0. The molecule has 1 unspecified atom stereocenters. The van der Waals surface area contributed by atoms with E-state index in [1.807, 2.05) is 0 Å². The lowest BCUT2D eigenvalue weighted by molar-refractivity contribution is 0.479. The first-order chi connectivity index (χ1) is 9.76. The van der Waals surface area contributed by atoms with E-state index in [2.05, 4.69) is 38.7 Å². The minimum atomic E-state index is 0. The number of nitrogens with zero attached hydrogens (tertiary/aromatic N) is 2. The van der Waals surface area contributed by atoms with Crippen molar-refractivity contribution < 1.29 is 0 Å². The Morgan fingerprint density at radius 1 is 1.33 bits per heavy atom. The summed E-state index contributed by atoms with van der Waals surface area (Å²) in [5.74, 6) is 0.994. The fourth-order valence-electron chi connectivity index (χ4n) is 3.17. The number of hydrogen-bond acceptors (Lipinski definition) is 4. The van der Waals surface area contributed by atoms with E-state index in [0.29, 0.717) is 11.5 Å². The van der Waals surface area contributed by atoms with Crippen LogP contribution in [0.3, 0.4) is 0 Å². The maximum Gasteiger partial charge on any atom is 0.143 e. The number of rotatable bonds is 3. The number of piperidine rings is 1. The van der Waals surface area contributed by atoms with E-state index in [9.17, 15) is 0 Å². The van der Waals surface area contributed by atoms with Gasteiger partial charge in [0.25, 0.3) is 0 Å². The van der Waals surface area contributed by atoms with Crippen molar-refractivity contribution in [1.82, 2.24) is 20.3 Å². The molecular weight excluding hydrogens is 286 g/mol. The molecular formula is C15H22ClN5. The quantitative estimate of drug-likeness (QED) is 0.815. The maximum atomic E-state index is 4.51. The second-order valence-corrected chi connectivity index (χ2v) is 6.40. The van der Waals surface area contributed by atoms with E-state index in [0.717, 1.165) is 24.6 Å². The average Bonchev–Trinajstić information content (AvgIpc) is 3.05. The largest absolute Gasteiger partial charge is 0.365 e. The Balaban J connectivity index is 0.00000132. The molecule has 3 heterocycles. The van der Waals surface area contributed by atoms with Crippen molar-refractivity contribution in [3.8, 4) is 0 Å². The molecule has 2 aromatic heterocycles. The van der Waals surface area contributed by atoms with Gasteiger partial charge in [0.05, 0.1) is 5.39 Å². The predicted molar refractivity (Wildman–Crippen MR) is 87.2 cm³/mol. The molecule has 0 spiro atoms. The average molecular weight is 308 g/mol. The van der Waals surface area contributed by atoms with Gasteiger partial charge in [-0.1, -0.05) is 6.92 Å². The van der Waals surface area contributed by atoms with Crippen LogP contribution >= 0.6 is 12.4 Å². The second kappa shape index (κ2) is 5.46. The third-order valence-corrected chi connectivity index (χ3v) is 4.76. The van der Waals surface area contributed by atoms with Gasteiger partial charge in [-0.2, -0.15) is 0 Å². The molecule has 4 rings (SSSR count). The lowest BCUT2D eigenvalue weighted by atomic mass is 9.98. The van der Waals surface area contributed by atoms with Crippen LogP contribution in [0.2, 0.25) is 0 Å². The smallest absolute Gasteiger partial charge is 0.143 e. The lowest BCUT2D eigenvalue weighted by Gasteiger charge is -2.24. The summed E-state index contributed by atoms with van der Waals surface area (Å²) in [6.07, 6.45) is 8.73. The molecule has 0 radical (unpaired) electrons. The monoisotopic (exact) mass is 307 g/mol. The third-order valence-electron chi connectivity index (χ3n) is 4.76. The summed E-state index contributed by atoms with van der Waals surface area (Å²) in [7, 11) is 0. The number of anilines is 1. The van der Waals surface area contributed by atoms with E-state index >= 15 is 0 Å². The van der Waals surface area contributed by atoms with Crippen LogP contribution in [0, 0.1) is 0 Å². The number of nitrogens with one attached hydrogen (secondary N) is 3. The highest BCUT2D eigenvalue weighted by atomic mass is 35.5. The Morgan fingerprint density at radius 2 is 2.19 bits per heavy atom. The van der Waals surface area contributed by atoms with Crippen LogP contribution in [0.5, 0.6) is 0 Å². The van der Waals surface area contributed by atoms with Crippen LogP contribution in [0.15, 0.2) is 12.5 Å². The Kier molecular flexibility index (Phi) is 3.80. The molecule has 0 aromatic carbocycles. The summed E-state index contributed by atoms with van der Waals surface area (Å²) in [5.41, 5.74) is 2.65. The highest BCUT2D eigenvalue weighted by Gasteiger charge is 2.41. The van der Waals surface area contributed by atoms with E-state index < -0.39 is 0 Å². The van der Waals surface area contributed by atoms with Gasteiger partial charge >= 0.3 is 0 Å². The highest BCUT2D eigenvalue weighted by molar-refractivity contribution is 5.91. The van der Waals surface area contributed by atoms with E-state index in [1.54, 1.807) is 6.33 Å². The summed E-state index contributed by atoms with van der Waals surface area (Å²) in [6, 6.07) is 0.469. The molecule has 1 saturated heterocycles. The van der Waals surface area contributed by atoms with Crippen LogP contribution in [0.1, 0.15) is 38.2 Å². The van der Waals surface area contributed by atoms with Crippen molar-refractivity contribution in [2.24, 2.45) is 0 Å². The fourth-order valence-corrected chi connectivity index (χ4v) is 3.17. The van der Waals surface area contributed by atoms with Crippen molar-refractivity contribution in [1.29, 1.82) is 0 Å². The normalized spacial score (nSPS) is 23.6. The van der Waals surface area contributed by atoms with Crippen molar-refractivity contribution in [3.05, 3.63) is 18.1 Å². The van der Waals surface area contributed by atoms with E-state index in [4.69, 9.17) is 0 Å². The lowest BCUT2D eigenvalue weighted by Crippen LogP contribution is -2.38. The van der Waals surface area contributed by atoms with Crippen LogP contribution in [-0.2, 0) is 5.41 Å². The molecule has 1 aliphatic heterocycles. The molecule has 3 N–H and O–H groups in total. The van der Waals surface area contributed by atoms with Crippen molar-refractivity contribution in [3.63, 3.8) is 0 Å². The number of halogens is 1. The topological polar surface area (TPSA) is 65.6 Å². The van der Waals surface area contributed by atoms with Gasteiger partial charge in [-0.15, -0.1) is 12.4 Å². The molecule has 1 atom stereocenters. The van der Waals surface area contributed by atoms with Crippen LogP contribution < -0.4 is 10.6 Å². The summed E-state index contributed by atoms with van der Waals surface area (Å²) in [6.45, 7) is 4.47. The number of aromatic amines is 1. The number of H-pyrrole nitrogens is 1. The number of fused-ring (bicyclic) bond motifs is 1. The molecule has 2 fully saturated rings. The molecule has 2 aliphatic rings. The molecule has 0 amide bonds. The summed E-state index contributed by atoms with van der Waals surface area (Å²) < 4.78 is 0. The fraction of sp³-hybridized carbons (Fsp3) is 0.600. The Morgan fingerprint density at radius 3 is 2.90 bits per heavy atom. The number of hydrogen-bond donors (Lipinski definition) is 3. The van der Waals surface area contributed by atoms with Crippen LogP contribution in [-0.4, -0.2) is 34.1 Å². The summed E-state index contributed by atoms with van der Waals surface area (Å²) in [5, 5.41) is 8.25. The number of aromatic nitrogens is 3. The summed E-state index contributed by atoms with van der Waals surface area (Å²) in [4.78, 5) is 12.2. The minimum absolute atomic E-state index is 0. The Hall–Kier alpha value is -1.33. The van der Waals surface area contributed by atoms with Crippen molar-refractivity contribution >= 4 is 29.3 Å². The SMILES string of the molecule is CC1(c2c[nH]c3ncnc(NC4CCCNC4)c23)CC1.Cl. The first kappa shape index (κ1) is 14.6. The molecule has 2 aromatic rings. The minimum Gasteiger partial charge on any atom is -0.365 e. The molecule has 114 valence electrons. The first-order valence-corrected chi connectivity index (χ1v) is 7.56. The predicted octanol–water partition coefficient (Wildman–Crippen LogP) is 2.60. The molecule has 1 aliphatic carbocycles. The van der Waals surface area contributed by atoms with Gasteiger partial charge in [-0.05, 0) is 43.2 Å². The zero-order valence-corrected chi connectivity index (χ0v) is 13.1. The second-order valence-electron chi connectivity index (χ2n) is 6.40. The van der Waals surface area contributed by atoms with Crippen molar-refractivity contribution in [2.45, 2.75) is 44.1 Å². The van der Waals surface area contributed by atoms with Gasteiger partial charge in [0.2, 0.25) is 0 Å². The van der Waals surface area contributed by atoms with Gasteiger partial charge in [0, 0.05) is 18.8 Å². The van der Waals surface area contributed by atoms with Gasteiger partial charge in [-0.3, -0.25) is 0 Å². The molecule has 21 heavy (non-hydrogen) atoms. The Labute approximate surface area is 130 Å². The van der Waals surface area contributed by atoms with Crippen molar-refractivity contribution in [2.75, 3.05) is 18.4 Å². The highest BCUT2D eigenvalue weighted by Crippen LogP contribution is 2.50. The van der Waals surface area contributed by atoms with E-state index in [-0.39, 0.29) is 12.4 Å². The zero-order valence-electron chi connectivity index (χ0n) is 12.3. The zero-order chi connectivity index (χ0) is 13.6. The molecule has 1 saturated carbocycles. The standard InChI is InChI=1S/C15H21N5.ClH/c1-15(4-5-15)11-8-17-13-12(11)14(19-9-18-13)20-10-3-2-6-16-7-10;/h8-10,16H,2-7H2,1H3,(H2,17,18,19,20);1H. The molecule has 6 heteroatoms. The third kappa shape index (κ3) is 2.60.